The van der Waals surface area contributed by atoms with Gasteiger partial charge < -0.3 is 0 Å². The molecule has 18 heavy (non-hydrogen) atoms. The summed E-state index contributed by atoms with van der Waals surface area (Å²) in [4.78, 5) is 11.7. The van der Waals surface area contributed by atoms with E-state index in [0.29, 0.717) is 6.42 Å². The van der Waals surface area contributed by atoms with E-state index in [1.54, 1.807) is 0 Å². The van der Waals surface area contributed by atoms with Gasteiger partial charge in [-0.15, -0.1) is 0 Å². The summed E-state index contributed by atoms with van der Waals surface area (Å²) >= 11 is 0. The van der Waals surface area contributed by atoms with Crippen molar-refractivity contribution in [1.82, 2.24) is 5.43 Å². The number of anilines is 1. The zero-order chi connectivity index (χ0) is 12.8. The van der Waals surface area contributed by atoms with Gasteiger partial charge in [-0.3, -0.25) is 15.6 Å². The Kier molecular flexibility index (Phi) is 3.97. The van der Waals surface area contributed by atoms with Gasteiger partial charge in [-0.25, -0.2) is 0 Å². The standard InChI is InChI=1S/C15H16N2O/c1-12-6-5-9-14(10-12)16-17-15(18)11-13-7-3-2-4-8-13/h2-10,16H,11H2,1H3,(H,17,18). The molecule has 0 aromatic heterocycles. The molecule has 0 aliphatic rings. The number of carbonyl (C=O) groups excluding carboxylic acids is 1. The lowest BCUT2D eigenvalue weighted by atomic mass is 10.1. The van der Waals surface area contributed by atoms with Gasteiger partial charge in [0, 0.05) is 0 Å². The van der Waals surface area contributed by atoms with Crippen LogP contribution < -0.4 is 10.9 Å². The van der Waals surface area contributed by atoms with Crippen molar-refractivity contribution in [3.05, 3.63) is 65.7 Å². The summed E-state index contributed by atoms with van der Waals surface area (Å²) in [6, 6.07) is 17.5. The molecule has 2 N–H and O–H groups in total. The summed E-state index contributed by atoms with van der Waals surface area (Å²) in [5.41, 5.74) is 8.63. The first-order valence-corrected chi connectivity index (χ1v) is 5.89. The molecule has 2 aromatic rings. The predicted molar refractivity (Wildman–Crippen MR) is 73.1 cm³/mol. The van der Waals surface area contributed by atoms with Crippen molar-refractivity contribution in [2.24, 2.45) is 0 Å². The second kappa shape index (κ2) is 5.87. The molecule has 1 amide bonds. The van der Waals surface area contributed by atoms with Gasteiger partial charge in [-0.2, -0.15) is 0 Å². The molecule has 2 aromatic carbocycles. The SMILES string of the molecule is Cc1cccc(NNC(=O)Cc2ccccc2)c1. The summed E-state index contributed by atoms with van der Waals surface area (Å²) in [5.74, 6) is -0.0530. The third kappa shape index (κ3) is 3.63. The van der Waals surface area contributed by atoms with Crippen molar-refractivity contribution in [2.45, 2.75) is 13.3 Å². The van der Waals surface area contributed by atoms with Gasteiger partial charge in [0.15, 0.2) is 0 Å². The molecule has 0 bridgehead atoms. The average molecular weight is 240 g/mol. The largest absolute Gasteiger partial charge is 0.299 e. The Morgan fingerprint density at radius 2 is 1.83 bits per heavy atom. The maximum absolute atomic E-state index is 11.7. The first-order valence-electron chi connectivity index (χ1n) is 5.89. The Balaban J connectivity index is 1.85. The van der Waals surface area contributed by atoms with Crippen LogP contribution in [0, 0.1) is 6.92 Å². The maximum atomic E-state index is 11.7. The van der Waals surface area contributed by atoms with Crippen LogP contribution in [0.25, 0.3) is 0 Å². The molecule has 2 rings (SSSR count). The van der Waals surface area contributed by atoms with Gasteiger partial charge in [0.05, 0.1) is 12.1 Å². The fourth-order valence-corrected chi connectivity index (χ4v) is 1.69. The Hall–Kier alpha value is -2.29. The molecule has 0 saturated carbocycles. The molecular weight excluding hydrogens is 224 g/mol. The lowest BCUT2D eigenvalue weighted by Gasteiger charge is -2.09. The number of rotatable bonds is 4. The molecule has 0 saturated heterocycles. The van der Waals surface area contributed by atoms with E-state index in [0.717, 1.165) is 16.8 Å². The van der Waals surface area contributed by atoms with E-state index in [1.165, 1.54) is 0 Å². The van der Waals surface area contributed by atoms with E-state index in [4.69, 9.17) is 0 Å². The summed E-state index contributed by atoms with van der Waals surface area (Å²) in [6.07, 6.45) is 0.375. The topological polar surface area (TPSA) is 41.1 Å². The highest BCUT2D eigenvalue weighted by atomic mass is 16.2. The minimum Gasteiger partial charge on any atom is -0.299 e. The third-order valence-electron chi connectivity index (χ3n) is 2.57. The van der Waals surface area contributed by atoms with E-state index in [2.05, 4.69) is 10.9 Å². The van der Waals surface area contributed by atoms with Crippen molar-refractivity contribution < 1.29 is 4.79 Å². The van der Waals surface area contributed by atoms with Gasteiger partial charge >= 0.3 is 0 Å². The summed E-state index contributed by atoms with van der Waals surface area (Å²) in [5, 5.41) is 0. The fourth-order valence-electron chi connectivity index (χ4n) is 1.69. The minimum atomic E-state index is -0.0530. The lowest BCUT2D eigenvalue weighted by Crippen LogP contribution is -2.30. The number of hydrazine groups is 1. The van der Waals surface area contributed by atoms with Crippen molar-refractivity contribution >= 4 is 11.6 Å². The molecule has 0 spiro atoms. The first-order chi connectivity index (χ1) is 8.74. The Labute approximate surface area is 107 Å². The van der Waals surface area contributed by atoms with E-state index >= 15 is 0 Å². The van der Waals surface area contributed by atoms with Gasteiger partial charge in [-0.1, -0.05) is 42.5 Å². The van der Waals surface area contributed by atoms with Crippen LogP contribution in [0.3, 0.4) is 0 Å². The quantitative estimate of drug-likeness (QED) is 0.807. The zero-order valence-corrected chi connectivity index (χ0v) is 10.3. The number of hydrogen-bond donors (Lipinski definition) is 2. The fraction of sp³-hybridized carbons (Fsp3) is 0.133. The smallest absolute Gasteiger partial charge is 0.242 e. The number of aryl methyl sites for hydroxylation is 1. The van der Waals surface area contributed by atoms with Gasteiger partial charge in [0.25, 0.3) is 0 Å². The van der Waals surface area contributed by atoms with Crippen LogP contribution in [-0.2, 0) is 11.2 Å². The maximum Gasteiger partial charge on any atom is 0.242 e. The molecule has 3 heteroatoms. The second-order valence-corrected chi connectivity index (χ2v) is 4.21. The molecular formula is C15H16N2O. The molecule has 0 aliphatic carbocycles. The lowest BCUT2D eigenvalue weighted by molar-refractivity contribution is -0.119. The molecule has 0 radical (unpaired) electrons. The Morgan fingerprint density at radius 1 is 1.06 bits per heavy atom. The highest BCUT2D eigenvalue weighted by Gasteiger charge is 2.02. The van der Waals surface area contributed by atoms with E-state index in [9.17, 15) is 4.79 Å². The number of nitrogens with one attached hydrogen (secondary N) is 2. The molecule has 0 fully saturated rings. The van der Waals surface area contributed by atoms with Gasteiger partial charge in [-0.05, 0) is 30.2 Å². The predicted octanol–water partition coefficient (Wildman–Crippen LogP) is 2.68. The molecule has 3 nitrogen and oxygen atoms in total. The monoisotopic (exact) mass is 240 g/mol. The van der Waals surface area contributed by atoms with Crippen molar-refractivity contribution in [2.75, 3.05) is 5.43 Å². The molecule has 0 aliphatic heterocycles. The first kappa shape index (κ1) is 12.2. The van der Waals surface area contributed by atoms with Gasteiger partial charge in [0.2, 0.25) is 5.91 Å². The molecule has 92 valence electrons. The average Bonchev–Trinajstić information content (AvgIpc) is 2.38. The number of hydrogen-bond acceptors (Lipinski definition) is 2. The summed E-state index contributed by atoms with van der Waals surface area (Å²) in [6.45, 7) is 2.01. The summed E-state index contributed by atoms with van der Waals surface area (Å²) < 4.78 is 0. The van der Waals surface area contributed by atoms with E-state index in [-0.39, 0.29) is 5.91 Å². The van der Waals surface area contributed by atoms with Crippen LogP contribution in [0.4, 0.5) is 5.69 Å². The van der Waals surface area contributed by atoms with Crippen LogP contribution in [0.1, 0.15) is 11.1 Å². The van der Waals surface area contributed by atoms with Gasteiger partial charge in [0.1, 0.15) is 0 Å². The third-order valence-corrected chi connectivity index (χ3v) is 2.57. The van der Waals surface area contributed by atoms with Crippen LogP contribution >= 0.6 is 0 Å². The summed E-state index contributed by atoms with van der Waals surface area (Å²) in [7, 11) is 0. The number of carbonyl (C=O) groups is 1. The van der Waals surface area contributed by atoms with Crippen LogP contribution in [0.15, 0.2) is 54.6 Å². The normalized spacial score (nSPS) is 9.83. The molecule has 0 heterocycles. The highest BCUT2D eigenvalue weighted by molar-refractivity contribution is 5.79. The van der Waals surface area contributed by atoms with Crippen LogP contribution in [-0.4, -0.2) is 5.91 Å². The van der Waals surface area contributed by atoms with Crippen molar-refractivity contribution in [3.63, 3.8) is 0 Å². The zero-order valence-electron chi connectivity index (χ0n) is 10.3. The van der Waals surface area contributed by atoms with Crippen LogP contribution in [0.2, 0.25) is 0 Å². The van der Waals surface area contributed by atoms with Crippen LogP contribution in [0.5, 0.6) is 0 Å². The molecule has 0 atom stereocenters. The minimum absolute atomic E-state index is 0.0530. The van der Waals surface area contributed by atoms with E-state index in [1.807, 2.05) is 61.5 Å². The van der Waals surface area contributed by atoms with Crippen molar-refractivity contribution in [1.29, 1.82) is 0 Å². The highest BCUT2D eigenvalue weighted by Crippen LogP contribution is 2.08. The van der Waals surface area contributed by atoms with Crippen molar-refractivity contribution in [3.8, 4) is 0 Å². The Bertz CT molecular complexity index is 523. The molecule has 0 unspecified atom stereocenters. The number of benzene rings is 2. The Morgan fingerprint density at radius 3 is 2.56 bits per heavy atom. The second-order valence-electron chi connectivity index (χ2n) is 4.21. The van der Waals surface area contributed by atoms with E-state index < -0.39 is 0 Å². The number of amides is 1.